The minimum atomic E-state index is 0.791. The molecule has 3 aromatic rings. The van der Waals surface area contributed by atoms with Crippen LogP contribution in [0.15, 0.2) is 84.0 Å². The van der Waals surface area contributed by atoms with Crippen molar-refractivity contribution in [3.05, 3.63) is 90.0 Å². The summed E-state index contributed by atoms with van der Waals surface area (Å²) in [4.78, 5) is 0. The van der Waals surface area contributed by atoms with Crippen LogP contribution in [-0.2, 0) is 0 Å². The molecule has 120 valence electrons. The summed E-state index contributed by atoms with van der Waals surface area (Å²) in [5, 5.41) is 6.60. The first-order chi connectivity index (χ1) is 11.8. The average Bonchev–Trinajstić information content (AvgIpc) is 2.65. The van der Waals surface area contributed by atoms with E-state index in [1.807, 2.05) is 65.8 Å². The highest BCUT2D eigenvalue weighted by molar-refractivity contribution is 7.10. The molecule has 0 N–H and O–H groups in total. The van der Waals surface area contributed by atoms with E-state index < -0.39 is 0 Å². The molecule has 0 bridgehead atoms. The summed E-state index contributed by atoms with van der Waals surface area (Å²) >= 11 is 0. The van der Waals surface area contributed by atoms with Gasteiger partial charge in [0, 0.05) is 0 Å². The molecule has 0 spiro atoms. The quantitative estimate of drug-likeness (QED) is 0.358. The maximum atomic E-state index is 5.16. The molecule has 0 aromatic heterocycles. The highest BCUT2D eigenvalue weighted by Crippen LogP contribution is 2.28. The van der Waals surface area contributed by atoms with E-state index in [0.717, 1.165) is 22.7 Å². The van der Waals surface area contributed by atoms with Crippen LogP contribution < -0.4 is 9.53 Å². The van der Waals surface area contributed by atoms with Gasteiger partial charge >= 0.3 is 0 Å². The second kappa shape index (κ2) is 7.76. The van der Waals surface area contributed by atoms with Crippen LogP contribution in [0.25, 0.3) is 0 Å². The Labute approximate surface area is 144 Å². The Bertz CT molecular complexity index is 799. The third kappa shape index (κ3) is 4.01. The minimum absolute atomic E-state index is 0.791. The fourth-order valence-corrected chi connectivity index (χ4v) is 2.45. The Morgan fingerprint density at radius 1 is 0.833 bits per heavy atom. The molecule has 4 heteroatoms. The van der Waals surface area contributed by atoms with Crippen molar-refractivity contribution in [2.24, 2.45) is 5.10 Å². The van der Waals surface area contributed by atoms with Gasteiger partial charge in [-0.1, -0.05) is 48.0 Å². The molecule has 0 fully saturated rings. The molecular formula is C20H19N2OP. The van der Waals surface area contributed by atoms with Gasteiger partial charge in [0.2, 0.25) is 0 Å². The van der Waals surface area contributed by atoms with E-state index in [2.05, 4.69) is 45.8 Å². The Morgan fingerprint density at radius 2 is 1.42 bits per heavy atom. The molecule has 3 nitrogen and oxygen atoms in total. The van der Waals surface area contributed by atoms with E-state index in [4.69, 9.17) is 4.52 Å². The number of hydrogen-bond acceptors (Lipinski definition) is 3. The van der Waals surface area contributed by atoms with Gasteiger partial charge in [0.1, 0.15) is 5.75 Å². The van der Waals surface area contributed by atoms with Gasteiger partial charge in [-0.05, 0) is 48.9 Å². The van der Waals surface area contributed by atoms with Crippen molar-refractivity contribution in [3.8, 4) is 5.75 Å². The van der Waals surface area contributed by atoms with Crippen LogP contribution in [0.1, 0.15) is 11.1 Å². The zero-order valence-electron chi connectivity index (χ0n) is 13.5. The predicted molar refractivity (Wildman–Crippen MR) is 104 cm³/mol. The molecule has 0 aliphatic carbocycles. The Kier molecular flexibility index (Phi) is 5.25. The number of hydrazone groups is 1. The Balaban J connectivity index is 1.96. The van der Waals surface area contributed by atoms with Crippen LogP contribution in [0, 0.1) is 6.92 Å². The molecule has 24 heavy (non-hydrogen) atoms. The third-order valence-corrected chi connectivity index (χ3v) is 3.89. The second-order valence-electron chi connectivity index (χ2n) is 5.41. The predicted octanol–water partition coefficient (Wildman–Crippen LogP) is 5.34. The molecule has 1 unspecified atom stereocenters. The van der Waals surface area contributed by atoms with Crippen LogP contribution in [-0.4, -0.2) is 6.21 Å². The van der Waals surface area contributed by atoms with Crippen LogP contribution in [0.3, 0.4) is 0 Å². The number of rotatable bonds is 5. The first-order valence-electron chi connectivity index (χ1n) is 7.69. The fourth-order valence-electron chi connectivity index (χ4n) is 2.30. The van der Waals surface area contributed by atoms with Crippen LogP contribution in [0.5, 0.6) is 5.75 Å². The fraction of sp³-hybridized carbons (Fsp3) is 0.0500. The second-order valence-corrected chi connectivity index (χ2v) is 5.65. The largest absolute Gasteiger partial charge is 0.480 e. The van der Waals surface area contributed by atoms with Crippen molar-refractivity contribution in [1.82, 2.24) is 0 Å². The normalized spacial score (nSPS) is 10.8. The lowest BCUT2D eigenvalue weighted by atomic mass is 10.2. The number of hydrogen-bond donors (Lipinski definition) is 0. The van der Waals surface area contributed by atoms with E-state index in [1.165, 1.54) is 5.56 Å². The van der Waals surface area contributed by atoms with Gasteiger partial charge in [0.05, 0.1) is 27.1 Å². The van der Waals surface area contributed by atoms with E-state index in [1.54, 1.807) is 0 Å². The van der Waals surface area contributed by atoms with Gasteiger partial charge in [-0.2, -0.15) is 5.10 Å². The highest BCUT2D eigenvalue weighted by Gasteiger charge is 2.08. The van der Waals surface area contributed by atoms with E-state index in [-0.39, 0.29) is 0 Å². The highest BCUT2D eigenvalue weighted by atomic mass is 31.0. The van der Waals surface area contributed by atoms with Crippen molar-refractivity contribution in [1.29, 1.82) is 0 Å². The van der Waals surface area contributed by atoms with Gasteiger partial charge in [0.15, 0.2) is 0 Å². The van der Waals surface area contributed by atoms with Gasteiger partial charge in [-0.25, -0.2) is 5.01 Å². The van der Waals surface area contributed by atoms with Crippen molar-refractivity contribution in [2.75, 3.05) is 5.01 Å². The first-order valence-corrected chi connectivity index (χ1v) is 8.16. The SMILES string of the molecule is Cc1ccc(N(/N=C/c2ccccc2)c2ccc(OP)cc2)cc1. The molecule has 3 aromatic carbocycles. The monoisotopic (exact) mass is 334 g/mol. The maximum Gasteiger partial charge on any atom is 0.122 e. The van der Waals surface area contributed by atoms with Crippen molar-refractivity contribution < 1.29 is 4.52 Å². The molecular weight excluding hydrogens is 315 g/mol. The summed E-state index contributed by atoms with van der Waals surface area (Å²) in [5.41, 5.74) is 4.25. The molecule has 0 aliphatic rings. The van der Waals surface area contributed by atoms with Gasteiger partial charge < -0.3 is 4.52 Å². The lowest BCUT2D eigenvalue weighted by Crippen LogP contribution is -2.09. The summed E-state index contributed by atoms with van der Waals surface area (Å²) in [6.45, 7) is 2.08. The lowest BCUT2D eigenvalue weighted by molar-refractivity contribution is 0.646. The van der Waals surface area contributed by atoms with E-state index in [9.17, 15) is 0 Å². The standard InChI is InChI=1S/C20H19N2OP/c1-16-7-9-18(10-8-16)22(19-11-13-20(23-24)14-12-19)21-15-17-5-3-2-4-6-17/h2-15H,24H2,1H3/b21-15+. The number of benzene rings is 3. The Hall–Kier alpha value is -2.64. The average molecular weight is 334 g/mol. The van der Waals surface area contributed by atoms with Gasteiger partial charge in [0.25, 0.3) is 0 Å². The first kappa shape index (κ1) is 16.2. The van der Waals surface area contributed by atoms with Gasteiger partial charge in [-0.3, -0.25) is 0 Å². The zero-order chi connectivity index (χ0) is 16.8. The topological polar surface area (TPSA) is 24.8 Å². The third-order valence-electron chi connectivity index (χ3n) is 3.62. The summed E-state index contributed by atoms with van der Waals surface area (Å²) in [6, 6.07) is 26.2. The number of nitrogens with zero attached hydrogens (tertiary/aromatic N) is 2. The summed E-state index contributed by atoms with van der Waals surface area (Å²) in [7, 11) is 2.26. The Morgan fingerprint density at radius 3 is 2.00 bits per heavy atom. The number of aryl methyl sites for hydroxylation is 1. The molecule has 0 saturated heterocycles. The molecule has 3 rings (SSSR count). The molecule has 1 atom stereocenters. The molecule has 0 saturated carbocycles. The van der Waals surface area contributed by atoms with Crippen molar-refractivity contribution in [2.45, 2.75) is 6.92 Å². The van der Waals surface area contributed by atoms with Crippen molar-refractivity contribution in [3.63, 3.8) is 0 Å². The molecule has 0 aliphatic heterocycles. The van der Waals surface area contributed by atoms with E-state index in [0.29, 0.717) is 0 Å². The summed E-state index contributed by atoms with van der Waals surface area (Å²) in [5.74, 6) is 0.791. The summed E-state index contributed by atoms with van der Waals surface area (Å²) < 4.78 is 5.16. The van der Waals surface area contributed by atoms with E-state index >= 15 is 0 Å². The van der Waals surface area contributed by atoms with Gasteiger partial charge in [-0.15, -0.1) is 0 Å². The van der Waals surface area contributed by atoms with Crippen LogP contribution in [0.2, 0.25) is 0 Å². The molecule has 0 amide bonds. The number of anilines is 2. The maximum absolute atomic E-state index is 5.16. The zero-order valence-corrected chi connectivity index (χ0v) is 14.6. The minimum Gasteiger partial charge on any atom is -0.480 e. The van der Waals surface area contributed by atoms with Crippen LogP contribution in [0.4, 0.5) is 11.4 Å². The summed E-state index contributed by atoms with van der Waals surface area (Å²) in [6.07, 6.45) is 1.86. The molecule has 0 heterocycles. The lowest BCUT2D eigenvalue weighted by Gasteiger charge is -2.19. The van der Waals surface area contributed by atoms with Crippen molar-refractivity contribution >= 4 is 27.1 Å². The smallest absolute Gasteiger partial charge is 0.122 e. The van der Waals surface area contributed by atoms with Crippen LogP contribution >= 0.6 is 9.47 Å². The molecule has 0 radical (unpaired) electrons.